The first-order valence-electron chi connectivity index (χ1n) is 4.41. The third-order valence-electron chi connectivity index (χ3n) is 1.71. The number of hydrogen-bond donors (Lipinski definition) is 1. The van der Waals surface area contributed by atoms with Crippen molar-refractivity contribution in [1.29, 1.82) is 5.26 Å². The van der Waals surface area contributed by atoms with Crippen LogP contribution in [0.5, 0.6) is 0 Å². The predicted octanol–water partition coefficient (Wildman–Crippen LogP) is 0.329. The number of nitriles is 1. The summed E-state index contributed by atoms with van der Waals surface area (Å²) in [7, 11) is 1.56. The monoisotopic (exact) mass is 205 g/mol. The lowest BCUT2D eigenvalue weighted by molar-refractivity contribution is 0.0932. The van der Waals surface area contributed by atoms with Crippen LogP contribution in [0.3, 0.4) is 0 Å². The molecule has 0 fully saturated rings. The summed E-state index contributed by atoms with van der Waals surface area (Å²) in [6.45, 7) is 0.872. The highest BCUT2D eigenvalue weighted by atomic mass is 16.5. The molecule has 1 amide bonds. The summed E-state index contributed by atoms with van der Waals surface area (Å²) in [4.78, 5) is 15.3. The van der Waals surface area contributed by atoms with Gasteiger partial charge in [0.1, 0.15) is 5.69 Å². The van der Waals surface area contributed by atoms with Crippen molar-refractivity contribution in [2.45, 2.75) is 0 Å². The molecule has 1 rings (SSSR count). The second-order valence-corrected chi connectivity index (χ2v) is 2.79. The Bertz CT molecular complexity index is 384. The molecule has 1 heterocycles. The van der Waals surface area contributed by atoms with E-state index in [0.29, 0.717) is 18.7 Å². The Labute approximate surface area is 87.7 Å². The van der Waals surface area contributed by atoms with Gasteiger partial charge < -0.3 is 10.1 Å². The van der Waals surface area contributed by atoms with E-state index in [0.717, 1.165) is 0 Å². The Hall–Kier alpha value is -1.93. The minimum atomic E-state index is -0.302. The van der Waals surface area contributed by atoms with Crippen molar-refractivity contribution in [3.05, 3.63) is 29.6 Å². The maximum atomic E-state index is 11.4. The molecule has 0 saturated carbocycles. The first-order chi connectivity index (χ1) is 7.27. The van der Waals surface area contributed by atoms with Gasteiger partial charge in [0.25, 0.3) is 5.91 Å². The zero-order valence-electron chi connectivity index (χ0n) is 8.36. The molecule has 1 aromatic heterocycles. The molecule has 0 bridgehead atoms. The molecule has 15 heavy (non-hydrogen) atoms. The second kappa shape index (κ2) is 5.73. The van der Waals surface area contributed by atoms with E-state index in [1.54, 1.807) is 13.2 Å². The topological polar surface area (TPSA) is 75.0 Å². The Morgan fingerprint density at radius 3 is 3.20 bits per heavy atom. The van der Waals surface area contributed by atoms with Gasteiger partial charge in [-0.3, -0.25) is 9.78 Å². The number of amides is 1. The van der Waals surface area contributed by atoms with Crippen LogP contribution in [0.1, 0.15) is 16.1 Å². The number of carbonyl (C=O) groups is 1. The standard InChI is InChI=1S/C10H11N3O2/c1-15-5-4-13-10(14)9-6-8(7-11)2-3-12-9/h2-3,6H,4-5H2,1H3,(H,13,14). The van der Waals surface area contributed by atoms with Crippen LogP contribution in [0.4, 0.5) is 0 Å². The van der Waals surface area contributed by atoms with Gasteiger partial charge in [0.05, 0.1) is 18.2 Å². The van der Waals surface area contributed by atoms with Gasteiger partial charge >= 0.3 is 0 Å². The van der Waals surface area contributed by atoms with E-state index >= 15 is 0 Å². The normalized spacial score (nSPS) is 9.33. The Kier molecular flexibility index (Phi) is 4.26. The van der Waals surface area contributed by atoms with Crippen LogP contribution in [-0.4, -0.2) is 31.2 Å². The largest absolute Gasteiger partial charge is 0.383 e. The van der Waals surface area contributed by atoms with Crippen molar-refractivity contribution < 1.29 is 9.53 Å². The van der Waals surface area contributed by atoms with Crippen molar-refractivity contribution in [2.24, 2.45) is 0 Å². The van der Waals surface area contributed by atoms with E-state index in [1.165, 1.54) is 12.3 Å². The van der Waals surface area contributed by atoms with Gasteiger partial charge in [-0.1, -0.05) is 0 Å². The molecule has 0 unspecified atom stereocenters. The Morgan fingerprint density at radius 1 is 1.73 bits per heavy atom. The van der Waals surface area contributed by atoms with Gasteiger partial charge in [0.2, 0.25) is 0 Å². The van der Waals surface area contributed by atoms with Crippen LogP contribution in [0.2, 0.25) is 0 Å². The fourth-order valence-corrected chi connectivity index (χ4v) is 0.981. The molecular formula is C10H11N3O2. The summed E-state index contributed by atoms with van der Waals surface area (Å²) in [5.74, 6) is -0.302. The van der Waals surface area contributed by atoms with Crippen molar-refractivity contribution >= 4 is 5.91 Å². The lowest BCUT2D eigenvalue weighted by Gasteiger charge is -2.03. The minimum absolute atomic E-state index is 0.241. The van der Waals surface area contributed by atoms with Crippen molar-refractivity contribution in [1.82, 2.24) is 10.3 Å². The highest BCUT2D eigenvalue weighted by Gasteiger charge is 2.06. The molecule has 0 radical (unpaired) electrons. The molecule has 5 heteroatoms. The number of hydrogen-bond acceptors (Lipinski definition) is 4. The van der Waals surface area contributed by atoms with Gasteiger partial charge in [0, 0.05) is 19.9 Å². The smallest absolute Gasteiger partial charge is 0.270 e. The van der Waals surface area contributed by atoms with Gasteiger partial charge in [-0.25, -0.2) is 0 Å². The number of rotatable bonds is 4. The summed E-state index contributed by atoms with van der Waals surface area (Å²) in [6, 6.07) is 4.94. The number of nitrogens with one attached hydrogen (secondary N) is 1. The number of methoxy groups -OCH3 is 1. The number of ether oxygens (including phenoxy) is 1. The summed E-state index contributed by atoms with van der Waals surface area (Å²) in [5, 5.41) is 11.2. The van der Waals surface area contributed by atoms with Crippen molar-refractivity contribution in [3.63, 3.8) is 0 Å². The summed E-state index contributed by atoms with van der Waals surface area (Å²) < 4.78 is 4.79. The highest BCUT2D eigenvalue weighted by Crippen LogP contribution is 1.99. The zero-order chi connectivity index (χ0) is 11.1. The van der Waals surface area contributed by atoms with Crippen molar-refractivity contribution in [3.8, 4) is 6.07 Å². The highest BCUT2D eigenvalue weighted by molar-refractivity contribution is 5.92. The van der Waals surface area contributed by atoms with Crippen LogP contribution in [0, 0.1) is 11.3 Å². The summed E-state index contributed by atoms with van der Waals surface area (Å²) >= 11 is 0. The first kappa shape index (κ1) is 11.1. The Balaban J connectivity index is 2.62. The number of pyridine rings is 1. The van der Waals surface area contributed by atoms with E-state index in [4.69, 9.17) is 10.00 Å². The van der Waals surface area contributed by atoms with Crippen LogP contribution in [0.25, 0.3) is 0 Å². The maximum Gasteiger partial charge on any atom is 0.270 e. The molecular weight excluding hydrogens is 194 g/mol. The molecule has 0 spiro atoms. The SMILES string of the molecule is COCCNC(=O)c1cc(C#N)ccn1. The van der Waals surface area contributed by atoms with Crippen LogP contribution < -0.4 is 5.32 Å². The maximum absolute atomic E-state index is 11.4. The zero-order valence-corrected chi connectivity index (χ0v) is 8.36. The number of carbonyl (C=O) groups excluding carboxylic acids is 1. The molecule has 0 aromatic carbocycles. The molecule has 0 aliphatic carbocycles. The van der Waals surface area contributed by atoms with Gasteiger partial charge in [0.15, 0.2) is 0 Å². The third-order valence-corrected chi connectivity index (χ3v) is 1.71. The molecule has 5 nitrogen and oxygen atoms in total. The van der Waals surface area contributed by atoms with Crippen LogP contribution >= 0.6 is 0 Å². The number of aromatic nitrogens is 1. The quantitative estimate of drug-likeness (QED) is 0.719. The minimum Gasteiger partial charge on any atom is -0.383 e. The summed E-state index contributed by atoms with van der Waals surface area (Å²) in [5.41, 5.74) is 0.659. The fraction of sp³-hybridized carbons (Fsp3) is 0.300. The Morgan fingerprint density at radius 2 is 2.53 bits per heavy atom. The lowest BCUT2D eigenvalue weighted by atomic mass is 10.2. The molecule has 0 saturated heterocycles. The van der Waals surface area contributed by atoms with Gasteiger partial charge in [-0.15, -0.1) is 0 Å². The van der Waals surface area contributed by atoms with Gasteiger partial charge in [-0.05, 0) is 12.1 Å². The number of nitrogens with zero attached hydrogens (tertiary/aromatic N) is 2. The van der Waals surface area contributed by atoms with Gasteiger partial charge in [-0.2, -0.15) is 5.26 Å². The van der Waals surface area contributed by atoms with E-state index in [2.05, 4.69) is 10.3 Å². The molecule has 0 aliphatic heterocycles. The first-order valence-corrected chi connectivity index (χ1v) is 4.41. The van der Waals surface area contributed by atoms with Crippen LogP contribution in [0.15, 0.2) is 18.3 Å². The van der Waals surface area contributed by atoms with Crippen LogP contribution in [-0.2, 0) is 4.74 Å². The second-order valence-electron chi connectivity index (χ2n) is 2.79. The fourth-order valence-electron chi connectivity index (χ4n) is 0.981. The van der Waals surface area contributed by atoms with E-state index in [-0.39, 0.29) is 11.6 Å². The lowest BCUT2D eigenvalue weighted by Crippen LogP contribution is -2.27. The third kappa shape index (κ3) is 3.37. The molecule has 1 aromatic rings. The van der Waals surface area contributed by atoms with Crippen molar-refractivity contribution in [2.75, 3.05) is 20.3 Å². The molecule has 0 atom stereocenters. The van der Waals surface area contributed by atoms with E-state index in [9.17, 15) is 4.79 Å². The predicted molar refractivity (Wildman–Crippen MR) is 53.2 cm³/mol. The molecule has 1 N–H and O–H groups in total. The van der Waals surface area contributed by atoms with E-state index < -0.39 is 0 Å². The molecule has 0 aliphatic rings. The average Bonchev–Trinajstić information content (AvgIpc) is 2.29. The summed E-state index contributed by atoms with van der Waals surface area (Å²) in [6.07, 6.45) is 1.43. The molecule has 78 valence electrons. The van der Waals surface area contributed by atoms with E-state index in [1.807, 2.05) is 6.07 Å². The average molecular weight is 205 g/mol.